The number of aliphatic hydroxyl groups is 1. The molecular formula is C28H27NO6. The molecule has 0 aliphatic carbocycles. The van der Waals surface area contributed by atoms with Crippen molar-refractivity contribution in [2.75, 3.05) is 12.0 Å². The number of para-hydroxylation sites is 2. The van der Waals surface area contributed by atoms with Crippen LogP contribution in [0.1, 0.15) is 36.6 Å². The van der Waals surface area contributed by atoms with Gasteiger partial charge in [-0.3, -0.25) is 14.5 Å². The van der Waals surface area contributed by atoms with E-state index in [0.29, 0.717) is 22.6 Å². The van der Waals surface area contributed by atoms with Crippen LogP contribution in [0.25, 0.3) is 5.76 Å². The van der Waals surface area contributed by atoms with Gasteiger partial charge < -0.3 is 19.7 Å². The van der Waals surface area contributed by atoms with Gasteiger partial charge in [0.2, 0.25) is 0 Å². The van der Waals surface area contributed by atoms with E-state index in [1.807, 2.05) is 20.8 Å². The van der Waals surface area contributed by atoms with E-state index in [2.05, 4.69) is 0 Å². The fourth-order valence-corrected chi connectivity index (χ4v) is 4.21. The second-order valence-corrected chi connectivity index (χ2v) is 8.58. The molecule has 1 aliphatic rings. The number of ketones is 1. The van der Waals surface area contributed by atoms with Gasteiger partial charge in [-0.1, -0.05) is 24.3 Å². The Morgan fingerprint density at radius 2 is 1.74 bits per heavy atom. The molecule has 0 aromatic heterocycles. The van der Waals surface area contributed by atoms with Crippen molar-refractivity contribution < 1.29 is 29.3 Å². The summed E-state index contributed by atoms with van der Waals surface area (Å²) in [6.45, 7) is 5.68. The van der Waals surface area contributed by atoms with Crippen molar-refractivity contribution in [1.29, 1.82) is 0 Å². The van der Waals surface area contributed by atoms with Crippen molar-refractivity contribution in [3.63, 3.8) is 0 Å². The van der Waals surface area contributed by atoms with Crippen LogP contribution in [0, 0.1) is 6.92 Å². The molecule has 3 aromatic rings. The van der Waals surface area contributed by atoms with Gasteiger partial charge in [-0.15, -0.1) is 0 Å². The van der Waals surface area contributed by atoms with Gasteiger partial charge in [-0.25, -0.2) is 0 Å². The maximum absolute atomic E-state index is 13.3. The number of Topliss-reactive ketones (excluding diaryl/α,β-unsaturated/α-hetero) is 1. The van der Waals surface area contributed by atoms with Crippen LogP contribution < -0.4 is 14.4 Å². The summed E-state index contributed by atoms with van der Waals surface area (Å²) >= 11 is 0. The molecule has 7 nitrogen and oxygen atoms in total. The highest BCUT2D eigenvalue weighted by molar-refractivity contribution is 6.51. The molecule has 1 amide bonds. The van der Waals surface area contributed by atoms with E-state index in [0.717, 1.165) is 5.56 Å². The largest absolute Gasteiger partial charge is 0.507 e. The number of methoxy groups -OCH3 is 1. The zero-order valence-corrected chi connectivity index (χ0v) is 20.0. The summed E-state index contributed by atoms with van der Waals surface area (Å²) in [5.74, 6) is -0.982. The molecule has 180 valence electrons. The van der Waals surface area contributed by atoms with Crippen molar-refractivity contribution >= 4 is 23.1 Å². The normalized spacial score (nSPS) is 17.2. The lowest BCUT2D eigenvalue weighted by atomic mass is 9.94. The summed E-state index contributed by atoms with van der Waals surface area (Å²) in [7, 11) is 1.52. The second kappa shape index (κ2) is 9.54. The minimum atomic E-state index is -0.981. The van der Waals surface area contributed by atoms with Crippen LogP contribution in [0.5, 0.6) is 17.2 Å². The number of phenolic OH excluding ortho intramolecular Hbond substituents is 1. The number of rotatable bonds is 6. The lowest BCUT2D eigenvalue weighted by Crippen LogP contribution is -2.29. The molecule has 1 aliphatic heterocycles. The first-order chi connectivity index (χ1) is 16.7. The predicted molar refractivity (Wildman–Crippen MR) is 133 cm³/mol. The van der Waals surface area contributed by atoms with Crippen LogP contribution in [0.2, 0.25) is 0 Å². The highest BCUT2D eigenvalue weighted by atomic mass is 16.5. The first kappa shape index (κ1) is 23.9. The Balaban J connectivity index is 1.92. The molecule has 0 saturated carbocycles. The molecular weight excluding hydrogens is 446 g/mol. The van der Waals surface area contributed by atoms with Gasteiger partial charge >= 0.3 is 0 Å². The lowest BCUT2D eigenvalue weighted by Gasteiger charge is -2.26. The third kappa shape index (κ3) is 4.45. The van der Waals surface area contributed by atoms with E-state index < -0.39 is 17.7 Å². The monoisotopic (exact) mass is 473 g/mol. The molecule has 1 unspecified atom stereocenters. The van der Waals surface area contributed by atoms with E-state index in [1.54, 1.807) is 60.7 Å². The van der Waals surface area contributed by atoms with Crippen LogP contribution in [0.3, 0.4) is 0 Å². The number of anilines is 1. The Morgan fingerprint density at radius 1 is 1.00 bits per heavy atom. The first-order valence-corrected chi connectivity index (χ1v) is 11.2. The van der Waals surface area contributed by atoms with Crippen molar-refractivity contribution in [3.05, 3.63) is 89.0 Å². The van der Waals surface area contributed by atoms with Crippen LogP contribution in [-0.2, 0) is 9.59 Å². The zero-order chi connectivity index (χ0) is 25.3. The number of amides is 1. The molecule has 0 bridgehead atoms. The van der Waals surface area contributed by atoms with E-state index in [4.69, 9.17) is 9.47 Å². The van der Waals surface area contributed by atoms with Crippen LogP contribution in [0.15, 0.2) is 72.3 Å². The number of phenols is 1. The van der Waals surface area contributed by atoms with Gasteiger partial charge in [0.15, 0.2) is 0 Å². The summed E-state index contributed by atoms with van der Waals surface area (Å²) in [6.07, 6.45) is -0.0231. The van der Waals surface area contributed by atoms with E-state index in [1.165, 1.54) is 18.1 Å². The molecule has 0 radical (unpaired) electrons. The van der Waals surface area contributed by atoms with Crippen LogP contribution >= 0.6 is 0 Å². The Kier molecular flexibility index (Phi) is 6.51. The number of carbonyl (C=O) groups is 2. The fraction of sp³-hybridized carbons (Fsp3) is 0.214. The van der Waals surface area contributed by atoms with E-state index >= 15 is 0 Å². The summed E-state index contributed by atoms with van der Waals surface area (Å²) in [6, 6.07) is 17.3. The second-order valence-electron chi connectivity index (χ2n) is 8.58. The number of aromatic hydroxyl groups is 1. The average molecular weight is 474 g/mol. The van der Waals surface area contributed by atoms with Gasteiger partial charge in [0.05, 0.1) is 30.5 Å². The number of hydrogen-bond donors (Lipinski definition) is 2. The van der Waals surface area contributed by atoms with Crippen LogP contribution in [-0.4, -0.2) is 35.1 Å². The number of benzene rings is 3. The topological polar surface area (TPSA) is 96.3 Å². The minimum absolute atomic E-state index is 0.0231. The summed E-state index contributed by atoms with van der Waals surface area (Å²) in [4.78, 5) is 27.8. The SMILES string of the molecule is COc1cccc(C2/C(=C(\O)c3ccc(OC(C)C)c(C)c3)C(=O)C(=O)N2c2ccccc2O)c1. The number of hydrogen-bond acceptors (Lipinski definition) is 6. The smallest absolute Gasteiger partial charge is 0.300 e. The fourth-order valence-electron chi connectivity index (χ4n) is 4.21. The third-order valence-corrected chi connectivity index (χ3v) is 5.81. The average Bonchev–Trinajstić information content (AvgIpc) is 3.10. The van der Waals surface area contributed by atoms with E-state index in [9.17, 15) is 19.8 Å². The Labute approximate surface area is 203 Å². The lowest BCUT2D eigenvalue weighted by molar-refractivity contribution is -0.132. The first-order valence-electron chi connectivity index (χ1n) is 11.2. The molecule has 35 heavy (non-hydrogen) atoms. The quantitative estimate of drug-likeness (QED) is 0.293. The molecule has 1 fully saturated rings. The number of aryl methyl sites for hydroxylation is 1. The van der Waals surface area contributed by atoms with Crippen molar-refractivity contribution in [2.24, 2.45) is 0 Å². The number of aliphatic hydroxyl groups excluding tert-OH is 1. The van der Waals surface area contributed by atoms with Crippen molar-refractivity contribution in [2.45, 2.75) is 32.9 Å². The molecule has 1 atom stereocenters. The van der Waals surface area contributed by atoms with Gasteiger partial charge in [0.25, 0.3) is 11.7 Å². The van der Waals surface area contributed by atoms with Gasteiger partial charge in [-0.05, 0) is 74.4 Å². The minimum Gasteiger partial charge on any atom is -0.507 e. The molecule has 1 heterocycles. The molecule has 0 spiro atoms. The predicted octanol–water partition coefficient (Wildman–Crippen LogP) is 5.12. The van der Waals surface area contributed by atoms with Gasteiger partial charge in [-0.2, -0.15) is 0 Å². The van der Waals surface area contributed by atoms with Crippen molar-refractivity contribution in [1.82, 2.24) is 0 Å². The number of nitrogens with zero attached hydrogens (tertiary/aromatic N) is 1. The highest BCUT2D eigenvalue weighted by Gasteiger charge is 2.47. The zero-order valence-electron chi connectivity index (χ0n) is 20.0. The van der Waals surface area contributed by atoms with Gasteiger partial charge in [0, 0.05) is 5.56 Å². The molecule has 7 heteroatoms. The summed E-state index contributed by atoms with van der Waals surface area (Å²) in [5, 5.41) is 21.8. The van der Waals surface area contributed by atoms with Crippen molar-refractivity contribution in [3.8, 4) is 17.2 Å². The maximum Gasteiger partial charge on any atom is 0.300 e. The third-order valence-electron chi connectivity index (χ3n) is 5.81. The van der Waals surface area contributed by atoms with Gasteiger partial charge in [0.1, 0.15) is 23.0 Å². The Morgan fingerprint density at radius 3 is 2.40 bits per heavy atom. The number of carbonyl (C=O) groups excluding carboxylic acids is 2. The van der Waals surface area contributed by atoms with Crippen LogP contribution in [0.4, 0.5) is 5.69 Å². The Hall–Kier alpha value is -4.26. The maximum atomic E-state index is 13.3. The molecule has 2 N–H and O–H groups in total. The summed E-state index contributed by atoms with van der Waals surface area (Å²) in [5.41, 5.74) is 1.78. The highest BCUT2D eigenvalue weighted by Crippen LogP contribution is 2.45. The number of ether oxygens (including phenoxy) is 2. The standard InChI is InChI=1S/C28H27NO6/c1-16(2)35-23-13-12-19(14-17(23)3)26(31)24-25(18-8-7-9-20(15-18)34-4)29(28(33)27(24)32)21-10-5-6-11-22(21)30/h5-16,25,30-31H,1-4H3/b26-24+. The Bertz CT molecular complexity index is 1330. The molecule has 1 saturated heterocycles. The summed E-state index contributed by atoms with van der Waals surface area (Å²) < 4.78 is 11.1. The molecule has 4 rings (SSSR count). The van der Waals surface area contributed by atoms with E-state index in [-0.39, 0.29) is 28.9 Å². The molecule has 3 aromatic carbocycles.